The molecule has 14 heavy (non-hydrogen) atoms. The number of allylic oxidation sites excluding steroid dienone is 1. The van der Waals surface area contributed by atoms with Crippen LogP contribution in [0.15, 0.2) is 16.9 Å². The Kier molecular flexibility index (Phi) is 6.07. The minimum absolute atomic E-state index is 1.06. The molecule has 0 unspecified atom stereocenters. The summed E-state index contributed by atoms with van der Waals surface area (Å²) in [6.07, 6.45) is 9.54. The Labute approximate surface area is 86.7 Å². The molecule has 0 saturated carbocycles. The molecule has 1 N–H and O–H groups in total. The van der Waals surface area contributed by atoms with Crippen LogP contribution in [-0.4, -0.2) is 19.4 Å². The lowest BCUT2D eigenvalue weighted by atomic mass is 10.2. The lowest BCUT2D eigenvalue weighted by Crippen LogP contribution is -2.16. The van der Waals surface area contributed by atoms with Crippen LogP contribution in [-0.2, 0) is 0 Å². The molecule has 0 fully saturated rings. The van der Waals surface area contributed by atoms with Crippen molar-refractivity contribution in [2.45, 2.75) is 39.0 Å². The number of rotatable bonds is 8. The Hall–Kier alpha value is -0.830. The molecule has 0 spiro atoms. The molecule has 0 aliphatic carbocycles. The summed E-state index contributed by atoms with van der Waals surface area (Å²) in [6, 6.07) is 0. The van der Waals surface area contributed by atoms with Crippen LogP contribution >= 0.6 is 0 Å². The van der Waals surface area contributed by atoms with Crippen LogP contribution in [0.5, 0.6) is 0 Å². The smallest absolute Gasteiger partial charge is 0.115 e. The van der Waals surface area contributed by atoms with Gasteiger partial charge in [0.15, 0.2) is 0 Å². The van der Waals surface area contributed by atoms with Crippen molar-refractivity contribution in [2.24, 2.45) is 4.99 Å². The van der Waals surface area contributed by atoms with E-state index in [0.29, 0.717) is 0 Å². The number of hydrogen-bond donors (Lipinski definition) is 1. The molecule has 1 aliphatic heterocycles. The van der Waals surface area contributed by atoms with Crippen molar-refractivity contribution < 1.29 is 0 Å². The van der Waals surface area contributed by atoms with Gasteiger partial charge in [-0.05, 0) is 38.8 Å². The number of unbranched alkanes of at least 4 members (excludes halogenated alkanes) is 2. The molecule has 1 aliphatic rings. The van der Waals surface area contributed by atoms with Crippen molar-refractivity contribution in [1.82, 2.24) is 10.6 Å². The second-order valence-electron chi connectivity index (χ2n) is 3.57. The highest BCUT2D eigenvalue weighted by Gasteiger charge is 1.98. The Morgan fingerprint density at radius 1 is 1.21 bits per heavy atom. The predicted octanol–water partition coefficient (Wildman–Crippen LogP) is 2.03. The quantitative estimate of drug-likeness (QED) is 0.590. The maximum Gasteiger partial charge on any atom is 0.115 e. The standard InChI is InChI=1S/C11H20N3/c1-2-3-7-12-8-5-4-6-11-9-13-10-14-11/h9-10,12H,2-8H2,1H3. The molecule has 1 radical (unpaired) electrons. The summed E-state index contributed by atoms with van der Waals surface area (Å²) in [5.41, 5.74) is 1.12. The Morgan fingerprint density at radius 3 is 2.79 bits per heavy atom. The fraction of sp³-hybridized carbons (Fsp3) is 0.727. The van der Waals surface area contributed by atoms with Gasteiger partial charge in [0, 0.05) is 0 Å². The maximum absolute atomic E-state index is 4.13. The molecule has 0 aromatic heterocycles. The monoisotopic (exact) mass is 194 g/mol. The molecular formula is C11H20N3. The second-order valence-corrected chi connectivity index (χ2v) is 3.57. The third-order valence-electron chi connectivity index (χ3n) is 2.26. The molecule has 79 valence electrons. The predicted molar refractivity (Wildman–Crippen MR) is 60.3 cm³/mol. The fourth-order valence-electron chi connectivity index (χ4n) is 1.37. The van der Waals surface area contributed by atoms with Crippen LogP contribution in [0.25, 0.3) is 0 Å². The normalized spacial score (nSPS) is 14.2. The third kappa shape index (κ3) is 5.02. The van der Waals surface area contributed by atoms with Gasteiger partial charge in [-0.1, -0.05) is 13.3 Å². The van der Waals surface area contributed by atoms with Gasteiger partial charge in [-0.25, -0.2) is 10.3 Å². The van der Waals surface area contributed by atoms with Crippen LogP contribution in [0.4, 0.5) is 0 Å². The second kappa shape index (κ2) is 7.56. The molecule has 1 rings (SSSR count). The Morgan fingerprint density at radius 2 is 2.07 bits per heavy atom. The molecule has 0 atom stereocenters. The van der Waals surface area contributed by atoms with Crippen molar-refractivity contribution in [3.8, 4) is 0 Å². The summed E-state index contributed by atoms with van der Waals surface area (Å²) in [4.78, 5) is 4.13. The molecule has 0 amide bonds. The van der Waals surface area contributed by atoms with E-state index in [0.717, 1.165) is 25.2 Å². The van der Waals surface area contributed by atoms with Gasteiger partial charge in [0.25, 0.3) is 0 Å². The number of nitrogens with zero attached hydrogens (tertiary/aromatic N) is 2. The molecule has 3 nitrogen and oxygen atoms in total. The van der Waals surface area contributed by atoms with Gasteiger partial charge in [0.2, 0.25) is 0 Å². The SMILES string of the molecule is CCCCNCCCCC1=C[N]C=N1. The lowest BCUT2D eigenvalue weighted by Gasteiger charge is -2.02. The maximum atomic E-state index is 4.13. The number of aliphatic imine (C=N–C) groups is 1. The zero-order chi connectivity index (χ0) is 10.1. The first kappa shape index (κ1) is 11.2. The van der Waals surface area contributed by atoms with Crippen LogP contribution in [0, 0.1) is 0 Å². The van der Waals surface area contributed by atoms with E-state index in [1.807, 2.05) is 6.20 Å². The Balaban J connectivity index is 1.82. The van der Waals surface area contributed by atoms with E-state index in [-0.39, 0.29) is 0 Å². The van der Waals surface area contributed by atoms with Gasteiger partial charge in [-0.3, -0.25) is 0 Å². The van der Waals surface area contributed by atoms with Crippen LogP contribution in [0.3, 0.4) is 0 Å². The lowest BCUT2D eigenvalue weighted by molar-refractivity contribution is 0.598. The van der Waals surface area contributed by atoms with E-state index < -0.39 is 0 Å². The van der Waals surface area contributed by atoms with E-state index in [4.69, 9.17) is 0 Å². The van der Waals surface area contributed by atoms with Crippen LogP contribution in [0.2, 0.25) is 0 Å². The number of nitrogens with one attached hydrogen (secondary N) is 1. The largest absolute Gasteiger partial charge is 0.317 e. The minimum Gasteiger partial charge on any atom is -0.317 e. The Bertz CT molecular complexity index is 197. The zero-order valence-corrected chi connectivity index (χ0v) is 9.00. The zero-order valence-electron chi connectivity index (χ0n) is 9.00. The summed E-state index contributed by atoms with van der Waals surface area (Å²) in [6.45, 7) is 4.51. The van der Waals surface area contributed by atoms with E-state index in [1.165, 1.54) is 25.7 Å². The van der Waals surface area contributed by atoms with Gasteiger partial charge in [-0.2, -0.15) is 0 Å². The highest BCUT2D eigenvalue weighted by atomic mass is 15.0. The van der Waals surface area contributed by atoms with Gasteiger partial charge >= 0.3 is 0 Å². The summed E-state index contributed by atoms with van der Waals surface area (Å²) >= 11 is 0. The summed E-state index contributed by atoms with van der Waals surface area (Å²) in [5.74, 6) is 0. The van der Waals surface area contributed by atoms with Gasteiger partial charge in [0.1, 0.15) is 6.34 Å². The van der Waals surface area contributed by atoms with Crippen LogP contribution < -0.4 is 10.6 Å². The van der Waals surface area contributed by atoms with Crippen LogP contribution in [0.1, 0.15) is 39.0 Å². The van der Waals surface area contributed by atoms with E-state index in [1.54, 1.807) is 6.34 Å². The van der Waals surface area contributed by atoms with Gasteiger partial charge < -0.3 is 5.32 Å². The summed E-state index contributed by atoms with van der Waals surface area (Å²) in [5, 5.41) is 7.37. The van der Waals surface area contributed by atoms with E-state index in [9.17, 15) is 0 Å². The highest BCUT2D eigenvalue weighted by Crippen LogP contribution is 2.09. The minimum atomic E-state index is 1.06. The topological polar surface area (TPSA) is 38.5 Å². The van der Waals surface area contributed by atoms with Crippen molar-refractivity contribution in [2.75, 3.05) is 13.1 Å². The molecule has 0 aromatic rings. The first-order valence-electron chi connectivity index (χ1n) is 5.55. The molecule has 3 heteroatoms. The fourth-order valence-corrected chi connectivity index (χ4v) is 1.37. The summed E-state index contributed by atoms with van der Waals surface area (Å²) < 4.78 is 0. The average molecular weight is 194 g/mol. The molecule has 0 saturated heterocycles. The van der Waals surface area contributed by atoms with Crippen molar-refractivity contribution in [3.05, 3.63) is 11.9 Å². The summed E-state index contributed by atoms with van der Waals surface area (Å²) in [7, 11) is 0. The first-order valence-corrected chi connectivity index (χ1v) is 5.55. The third-order valence-corrected chi connectivity index (χ3v) is 2.26. The van der Waals surface area contributed by atoms with Crippen molar-refractivity contribution >= 4 is 6.34 Å². The van der Waals surface area contributed by atoms with Crippen molar-refractivity contribution in [1.29, 1.82) is 0 Å². The van der Waals surface area contributed by atoms with Gasteiger partial charge in [0.05, 0.1) is 11.9 Å². The average Bonchev–Trinajstić information content (AvgIpc) is 2.69. The van der Waals surface area contributed by atoms with E-state index in [2.05, 4.69) is 22.5 Å². The number of hydrogen-bond acceptors (Lipinski definition) is 2. The highest BCUT2D eigenvalue weighted by molar-refractivity contribution is 5.60. The molecular weight excluding hydrogens is 174 g/mol. The molecule has 0 bridgehead atoms. The van der Waals surface area contributed by atoms with Crippen molar-refractivity contribution in [3.63, 3.8) is 0 Å². The van der Waals surface area contributed by atoms with Gasteiger partial charge in [-0.15, -0.1) is 0 Å². The van der Waals surface area contributed by atoms with E-state index >= 15 is 0 Å². The first-order chi connectivity index (χ1) is 6.93. The molecule has 0 aromatic carbocycles. The molecule has 1 heterocycles.